The fourth-order valence-electron chi connectivity index (χ4n) is 4.03. The Kier molecular flexibility index (Phi) is 4.06. The molecule has 0 fully saturated rings. The number of nitrogens with zero attached hydrogens (tertiary/aromatic N) is 2. The molecule has 0 bridgehead atoms. The molecule has 1 atom stereocenters. The third kappa shape index (κ3) is 2.84. The summed E-state index contributed by atoms with van der Waals surface area (Å²) >= 11 is 0. The molecule has 0 saturated carbocycles. The Hall–Kier alpha value is -4.17. The van der Waals surface area contributed by atoms with Crippen LogP contribution >= 0.6 is 0 Å². The number of anilines is 2. The highest BCUT2D eigenvalue weighted by molar-refractivity contribution is 6.12. The minimum atomic E-state index is -1.75. The van der Waals surface area contributed by atoms with Crippen LogP contribution in [-0.2, 0) is 5.72 Å². The Morgan fingerprint density at radius 3 is 2.58 bits per heavy atom. The number of aromatic nitrogens is 2. The Morgan fingerprint density at radius 2 is 1.84 bits per heavy atom. The molecule has 4 N–H and O–H groups in total. The number of carboxylic acid groups (broad SMARTS) is 1. The molecule has 1 unspecified atom stereocenters. The number of carbonyl (C=O) groups excluding carboxylic acids is 1. The van der Waals surface area contributed by atoms with Gasteiger partial charge in [0.15, 0.2) is 5.72 Å². The molecule has 0 aliphatic carbocycles. The first-order valence-electron chi connectivity index (χ1n) is 9.61. The van der Waals surface area contributed by atoms with E-state index in [2.05, 4.69) is 15.3 Å². The summed E-state index contributed by atoms with van der Waals surface area (Å²) in [4.78, 5) is 32.7. The first-order chi connectivity index (χ1) is 14.9. The van der Waals surface area contributed by atoms with E-state index in [0.717, 1.165) is 5.56 Å². The smallest absolute Gasteiger partial charge is 0.411 e. The first kappa shape index (κ1) is 18.8. The van der Waals surface area contributed by atoms with Crippen molar-refractivity contribution in [1.82, 2.24) is 9.97 Å². The van der Waals surface area contributed by atoms with Crippen molar-refractivity contribution in [2.24, 2.45) is 0 Å². The molecule has 0 saturated heterocycles. The number of nitrogens with one attached hydrogen (secondary N) is 2. The van der Waals surface area contributed by atoms with E-state index < -0.39 is 11.8 Å². The van der Waals surface area contributed by atoms with Gasteiger partial charge in [0, 0.05) is 22.4 Å². The Morgan fingerprint density at radius 1 is 1.10 bits per heavy atom. The van der Waals surface area contributed by atoms with E-state index in [1.807, 2.05) is 19.1 Å². The number of carbonyl (C=O) groups is 2. The number of aryl methyl sites for hydroxylation is 1. The van der Waals surface area contributed by atoms with Crippen LogP contribution in [0, 0.1) is 6.92 Å². The van der Waals surface area contributed by atoms with Gasteiger partial charge in [0.1, 0.15) is 0 Å². The molecule has 8 heteroatoms. The first-order valence-corrected chi connectivity index (χ1v) is 9.61. The molecule has 31 heavy (non-hydrogen) atoms. The zero-order valence-corrected chi connectivity index (χ0v) is 16.5. The van der Waals surface area contributed by atoms with Crippen LogP contribution in [0.15, 0.2) is 66.7 Å². The van der Waals surface area contributed by atoms with Crippen molar-refractivity contribution in [3.63, 3.8) is 0 Å². The molecule has 8 nitrogen and oxygen atoms in total. The Labute approximate surface area is 176 Å². The molecule has 3 aromatic carbocycles. The van der Waals surface area contributed by atoms with Crippen LogP contribution in [0.2, 0.25) is 0 Å². The van der Waals surface area contributed by atoms with Crippen molar-refractivity contribution in [2.75, 3.05) is 10.2 Å². The van der Waals surface area contributed by atoms with E-state index in [0.29, 0.717) is 33.4 Å². The van der Waals surface area contributed by atoms with E-state index >= 15 is 0 Å². The van der Waals surface area contributed by atoms with E-state index in [-0.39, 0.29) is 11.9 Å². The van der Waals surface area contributed by atoms with Gasteiger partial charge < -0.3 is 15.2 Å². The summed E-state index contributed by atoms with van der Waals surface area (Å²) in [7, 11) is 0. The molecular formula is C23H18N4O4. The lowest BCUT2D eigenvalue weighted by Crippen LogP contribution is -2.45. The van der Waals surface area contributed by atoms with Crippen molar-refractivity contribution in [2.45, 2.75) is 12.6 Å². The number of hydrogen-bond acceptors (Lipinski definition) is 4. The second-order valence-electron chi connectivity index (χ2n) is 7.44. The SMILES string of the molecule is Cc1ccc(N2C(=O)c3ccccc3C2(O)c2ccc3nc(NC(=O)O)[nH]c3c2)cc1. The lowest BCUT2D eigenvalue weighted by Gasteiger charge is -2.35. The number of hydrogen-bond donors (Lipinski definition) is 4. The maximum absolute atomic E-state index is 13.3. The topological polar surface area (TPSA) is 119 Å². The minimum Gasteiger partial charge on any atom is -0.465 e. The molecule has 1 aromatic heterocycles. The highest BCUT2D eigenvalue weighted by Crippen LogP contribution is 2.45. The zero-order valence-electron chi connectivity index (χ0n) is 16.5. The Bertz CT molecular complexity index is 1350. The predicted molar refractivity (Wildman–Crippen MR) is 115 cm³/mol. The highest BCUT2D eigenvalue weighted by atomic mass is 16.4. The molecule has 4 aromatic rings. The molecule has 1 aliphatic rings. The summed E-state index contributed by atoms with van der Waals surface area (Å²) in [6, 6.07) is 19.4. The summed E-state index contributed by atoms with van der Waals surface area (Å²) < 4.78 is 0. The molecule has 5 rings (SSSR count). The fourth-order valence-corrected chi connectivity index (χ4v) is 4.03. The van der Waals surface area contributed by atoms with E-state index in [1.54, 1.807) is 54.6 Å². The van der Waals surface area contributed by atoms with Gasteiger partial charge in [-0.3, -0.25) is 15.0 Å². The lowest BCUT2D eigenvalue weighted by molar-refractivity contribution is 0.0704. The monoisotopic (exact) mass is 414 g/mol. The molecule has 0 radical (unpaired) electrons. The summed E-state index contributed by atoms with van der Waals surface area (Å²) in [5.41, 5.74) is 2.24. The number of fused-ring (bicyclic) bond motifs is 2. The van der Waals surface area contributed by atoms with Gasteiger partial charge in [-0.15, -0.1) is 0 Å². The van der Waals surface area contributed by atoms with E-state index in [1.165, 1.54) is 4.90 Å². The number of aliphatic hydroxyl groups is 1. The number of rotatable bonds is 3. The van der Waals surface area contributed by atoms with Crippen molar-refractivity contribution in [3.05, 3.63) is 89.0 Å². The predicted octanol–water partition coefficient (Wildman–Crippen LogP) is 3.82. The number of amides is 2. The van der Waals surface area contributed by atoms with Gasteiger partial charge in [-0.2, -0.15) is 0 Å². The van der Waals surface area contributed by atoms with Crippen LogP contribution in [0.25, 0.3) is 11.0 Å². The maximum Gasteiger partial charge on any atom is 0.411 e. The van der Waals surface area contributed by atoms with Gasteiger partial charge >= 0.3 is 6.09 Å². The Balaban J connectivity index is 1.70. The second-order valence-corrected chi connectivity index (χ2v) is 7.44. The molecular weight excluding hydrogens is 396 g/mol. The lowest BCUT2D eigenvalue weighted by atomic mass is 9.93. The van der Waals surface area contributed by atoms with Crippen LogP contribution < -0.4 is 10.2 Å². The standard InChI is InChI=1S/C23H18N4O4/c1-13-6-9-15(10-7-13)27-20(28)16-4-2-3-5-17(16)23(27,31)14-8-11-18-19(12-14)25-21(24-18)26-22(29)30/h2-12,31H,1H3,(H,29,30)(H2,24,25,26). The average molecular weight is 414 g/mol. The molecule has 2 heterocycles. The van der Waals surface area contributed by atoms with Crippen LogP contribution in [0.5, 0.6) is 0 Å². The zero-order chi connectivity index (χ0) is 21.8. The van der Waals surface area contributed by atoms with Gasteiger partial charge in [0.05, 0.1) is 11.0 Å². The van der Waals surface area contributed by atoms with Crippen LogP contribution in [-0.4, -0.2) is 32.2 Å². The van der Waals surface area contributed by atoms with Gasteiger partial charge in [-0.25, -0.2) is 9.78 Å². The van der Waals surface area contributed by atoms with Crippen molar-refractivity contribution in [3.8, 4) is 0 Å². The third-order valence-corrected chi connectivity index (χ3v) is 5.46. The summed E-state index contributed by atoms with van der Waals surface area (Å²) in [6.07, 6.45) is -1.24. The normalized spacial score (nSPS) is 17.7. The molecule has 1 aliphatic heterocycles. The third-order valence-electron chi connectivity index (χ3n) is 5.46. The van der Waals surface area contributed by atoms with Gasteiger partial charge in [0.25, 0.3) is 5.91 Å². The van der Waals surface area contributed by atoms with Gasteiger partial charge in [-0.1, -0.05) is 42.0 Å². The summed E-state index contributed by atoms with van der Waals surface area (Å²) in [5, 5.41) is 23.1. The van der Waals surface area contributed by atoms with Crippen molar-refractivity contribution in [1.29, 1.82) is 0 Å². The number of imidazole rings is 1. The number of aromatic amines is 1. The van der Waals surface area contributed by atoms with Gasteiger partial charge in [-0.05, 0) is 37.3 Å². The minimum absolute atomic E-state index is 0.0740. The van der Waals surface area contributed by atoms with E-state index in [9.17, 15) is 14.7 Å². The molecule has 154 valence electrons. The quantitative estimate of drug-likeness (QED) is 0.406. The maximum atomic E-state index is 13.3. The van der Waals surface area contributed by atoms with Crippen molar-refractivity contribution >= 4 is 34.7 Å². The molecule has 2 amide bonds. The largest absolute Gasteiger partial charge is 0.465 e. The van der Waals surface area contributed by atoms with Crippen LogP contribution in [0.4, 0.5) is 16.4 Å². The fraction of sp³-hybridized carbons (Fsp3) is 0.0870. The second kappa shape index (κ2) is 6.68. The highest BCUT2D eigenvalue weighted by Gasteiger charge is 2.50. The van der Waals surface area contributed by atoms with Crippen molar-refractivity contribution < 1.29 is 19.8 Å². The summed E-state index contributed by atoms with van der Waals surface area (Å²) in [6.45, 7) is 1.95. The average Bonchev–Trinajstić information content (AvgIpc) is 3.25. The number of H-pyrrole nitrogens is 1. The van der Waals surface area contributed by atoms with E-state index in [4.69, 9.17) is 5.11 Å². The molecule has 0 spiro atoms. The van der Waals surface area contributed by atoms with Gasteiger partial charge in [0.2, 0.25) is 5.95 Å². The summed E-state index contributed by atoms with van der Waals surface area (Å²) in [5.74, 6) is -0.232. The van der Waals surface area contributed by atoms with Crippen LogP contribution in [0.1, 0.15) is 27.0 Å². The number of benzene rings is 3. The van der Waals surface area contributed by atoms with Crippen LogP contribution in [0.3, 0.4) is 0 Å².